The van der Waals surface area contributed by atoms with Crippen molar-refractivity contribution in [3.8, 4) is 11.3 Å². The molecular formula is C26H28ClN5SW. The maximum atomic E-state index is 7.87. The summed E-state index contributed by atoms with van der Waals surface area (Å²) < 4.78 is 2.20. The molecule has 4 rings (SSSR count). The summed E-state index contributed by atoms with van der Waals surface area (Å²) in [5.74, 6) is 0. The number of nitrogen functional groups attached to an aromatic ring is 1. The number of nitrogens with zero attached hydrogens (tertiary/aromatic N) is 2. The van der Waals surface area contributed by atoms with Gasteiger partial charge in [-0.1, -0.05) is 49.0 Å². The van der Waals surface area contributed by atoms with Crippen LogP contribution < -0.4 is 21.6 Å². The fourth-order valence-electron chi connectivity index (χ4n) is 4.16. The third kappa shape index (κ3) is 5.94. The van der Waals surface area contributed by atoms with Gasteiger partial charge in [-0.3, -0.25) is 4.98 Å². The van der Waals surface area contributed by atoms with E-state index in [9.17, 15) is 0 Å². The minimum Gasteiger partial charge on any atom is -0.709 e. The van der Waals surface area contributed by atoms with Gasteiger partial charge in [-0.05, 0) is 54.7 Å². The van der Waals surface area contributed by atoms with Crippen molar-refractivity contribution >= 4 is 54.0 Å². The number of hydrogen-bond donors (Lipinski definition) is 2. The van der Waals surface area contributed by atoms with E-state index in [1.54, 1.807) is 6.20 Å². The molecule has 34 heavy (non-hydrogen) atoms. The van der Waals surface area contributed by atoms with Crippen LogP contribution in [0.3, 0.4) is 0 Å². The van der Waals surface area contributed by atoms with Gasteiger partial charge in [0.15, 0.2) is 0 Å². The van der Waals surface area contributed by atoms with Crippen LogP contribution in [0, 0.1) is 0 Å². The number of unbranched alkanes of at least 4 members (excludes halogenated alkanes) is 1. The van der Waals surface area contributed by atoms with Gasteiger partial charge in [0, 0.05) is 45.5 Å². The summed E-state index contributed by atoms with van der Waals surface area (Å²) in [6.07, 6.45) is 4.51. The summed E-state index contributed by atoms with van der Waals surface area (Å²) >= 11 is 9.93. The molecule has 4 aromatic rings. The third-order valence-electron chi connectivity index (χ3n) is 5.85. The number of halogens is 1. The molecule has 2 aromatic heterocycles. The Hall–Kier alpha value is -2.08. The van der Waals surface area contributed by atoms with Crippen LogP contribution in [-0.2, 0) is 53.4 Å². The first-order chi connectivity index (χ1) is 16.0. The van der Waals surface area contributed by atoms with Gasteiger partial charge in [-0.2, -0.15) is 0 Å². The van der Waals surface area contributed by atoms with E-state index in [0.717, 1.165) is 69.7 Å². The number of anilines is 1. The average molecular weight is 662 g/mol. The van der Waals surface area contributed by atoms with Crippen LogP contribution in [-0.4, -0.2) is 9.55 Å². The maximum Gasteiger partial charge on any atom is 2.00 e. The van der Waals surface area contributed by atoms with E-state index in [1.165, 1.54) is 0 Å². The Bertz CT molecular complexity index is 1310. The zero-order valence-electron chi connectivity index (χ0n) is 18.9. The molecule has 0 bridgehead atoms. The van der Waals surface area contributed by atoms with E-state index >= 15 is 0 Å². The minimum absolute atomic E-state index is 0. The van der Waals surface area contributed by atoms with Crippen molar-refractivity contribution in [2.45, 2.75) is 32.4 Å². The van der Waals surface area contributed by atoms with Crippen LogP contribution in [0.5, 0.6) is 0 Å². The van der Waals surface area contributed by atoms with Crippen LogP contribution in [0.4, 0.5) is 5.69 Å². The summed E-state index contributed by atoms with van der Waals surface area (Å²) in [4.78, 5) is 4.42. The van der Waals surface area contributed by atoms with Crippen LogP contribution in [0.2, 0.25) is 5.02 Å². The molecule has 0 radical (unpaired) electrons. The second kappa shape index (κ2) is 13.1. The smallest absolute Gasteiger partial charge is 0.709 e. The number of aromatic nitrogens is 2. The van der Waals surface area contributed by atoms with Crippen LogP contribution in [0.15, 0.2) is 54.7 Å². The third-order valence-corrected chi connectivity index (χ3v) is 6.16. The van der Waals surface area contributed by atoms with Crippen molar-refractivity contribution in [3.05, 3.63) is 87.3 Å². The van der Waals surface area contributed by atoms with E-state index in [4.69, 9.17) is 23.1 Å². The van der Waals surface area contributed by atoms with Crippen LogP contribution >= 0.6 is 11.6 Å². The van der Waals surface area contributed by atoms with Crippen LogP contribution in [0.1, 0.15) is 24.0 Å². The standard InChI is InChI=1S/C26H26ClN4.H2NS.W/c1-17-22-9-3-4-10-23(22)18(2)31(17)13-6-5-8-19-14-20(15-21(16-28)25(19)29)26-24(27)11-7-12-30-26;1-2;/h3-4,7,9-12,14-15,28H,1-2,5-6,8,13,16,29H2;1H2;/q2*-1;+2. The molecule has 0 unspecified atom stereocenters. The number of rotatable bonds is 7. The molecule has 2 aromatic carbocycles. The Morgan fingerprint density at radius 2 is 1.59 bits per heavy atom. The summed E-state index contributed by atoms with van der Waals surface area (Å²) in [6, 6.07) is 15.9. The molecule has 8 heteroatoms. The number of benzene rings is 2. The molecule has 0 aliphatic heterocycles. The predicted octanol–water partition coefficient (Wildman–Crippen LogP) is 4.74. The van der Waals surface area contributed by atoms with Gasteiger partial charge in [0.1, 0.15) is 0 Å². The minimum atomic E-state index is 0. The molecule has 0 aliphatic carbocycles. The molecule has 0 fully saturated rings. The second-order valence-electron chi connectivity index (χ2n) is 7.77. The molecule has 5 N–H and O–H groups in total. The molecule has 0 saturated heterocycles. The Labute approximate surface area is 225 Å². The van der Waals surface area contributed by atoms with Gasteiger partial charge < -0.3 is 34.0 Å². The fraction of sp³-hybridized carbons (Fsp3) is 0.192. The number of nitrogens with one attached hydrogen (secondary N) is 1. The van der Waals surface area contributed by atoms with Gasteiger partial charge >= 0.3 is 21.1 Å². The van der Waals surface area contributed by atoms with Gasteiger partial charge in [0.05, 0.1) is 10.7 Å². The van der Waals surface area contributed by atoms with Crippen molar-refractivity contribution in [2.24, 2.45) is 5.14 Å². The Balaban J connectivity index is 0.00000133. The summed E-state index contributed by atoms with van der Waals surface area (Å²) in [7, 11) is 0. The van der Waals surface area contributed by atoms with Gasteiger partial charge in [0.25, 0.3) is 0 Å². The normalized spacial score (nSPS) is 10.5. The summed E-state index contributed by atoms with van der Waals surface area (Å²) in [5.41, 5.74) is 18.4. The average Bonchev–Trinajstić information content (AvgIpc) is 3.09. The van der Waals surface area contributed by atoms with Gasteiger partial charge in [-0.25, -0.2) is 0 Å². The van der Waals surface area contributed by atoms with Crippen molar-refractivity contribution < 1.29 is 21.1 Å². The number of nitrogens with two attached hydrogens (primary N) is 2. The molecule has 5 nitrogen and oxygen atoms in total. The largest absolute Gasteiger partial charge is 2.00 e. The summed E-state index contributed by atoms with van der Waals surface area (Å²) in [6.45, 7) is 9.51. The Morgan fingerprint density at radius 3 is 2.18 bits per heavy atom. The first-order valence-electron chi connectivity index (χ1n) is 10.7. The molecular weight excluding hydrogens is 634 g/mol. The summed E-state index contributed by atoms with van der Waals surface area (Å²) in [5, 5.41) is 9.04. The topological polar surface area (TPSA) is 93.7 Å². The van der Waals surface area contributed by atoms with Crippen molar-refractivity contribution in [3.63, 3.8) is 0 Å². The SMILES string of the molecule is C=c1c2ccccc2c(=C)n1CCCCc1cc(-c2ncccc2Cl)cc(C[NH-])c1N.N[S-].[W+2]. The molecule has 0 amide bonds. The van der Waals surface area contributed by atoms with Crippen molar-refractivity contribution in [1.29, 1.82) is 0 Å². The first-order valence-corrected chi connectivity index (χ1v) is 11.5. The Kier molecular flexibility index (Phi) is 10.9. The molecule has 176 valence electrons. The van der Waals surface area contributed by atoms with E-state index < -0.39 is 0 Å². The van der Waals surface area contributed by atoms with Gasteiger partial charge in [0.2, 0.25) is 0 Å². The monoisotopic (exact) mass is 661 g/mol. The molecule has 0 atom stereocenters. The second-order valence-corrected chi connectivity index (χ2v) is 8.17. The first kappa shape index (κ1) is 28.2. The molecule has 0 aliphatic rings. The van der Waals surface area contributed by atoms with Crippen LogP contribution in [0.25, 0.3) is 40.9 Å². The number of aryl methyl sites for hydroxylation is 1. The van der Waals surface area contributed by atoms with Crippen molar-refractivity contribution in [1.82, 2.24) is 9.55 Å². The predicted molar refractivity (Wildman–Crippen MR) is 144 cm³/mol. The van der Waals surface area contributed by atoms with E-state index in [2.05, 4.69) is 58.9 Å². The zero-order chi connectivity index (χ0) is 24.0. The number of hydrogen-bond acceptors (Lipinski definition) is 4. The molecule has 0 saturated carbocycles. The van der Waals surface area contributed by atoms with E-state index in [0.29, 0.717) is 10.7 Å². The van der Waals surface area contributed by atoms with E-state index in [1.807, 2.05) is 30.3 Å². The number of pyridine rings is 1. The molecule has 2 heterocycles. The molecule has 0 spiro atoms. The number of fused-ring (bicyclic) bond motifs is 1. The Morgan fingerprint density at radius 1 is 0.971 bits per heavy atom. The van der Waals surface area contributed by atoms with Crippen molar-refractivity contribution in [2.75, 3.05) is 5.73 Å². The quantitative estimate of drug-likeness (QED) is 0.170. The fourth-order valence-corrected chi connectivity index (χ4v) is 4.39. The zero-order valence-corrected chi connectivity index (χ0v) is 23.4. The maximum absolute atomic E-state index is 7.87. The van der Waals surface area contributed by atoms with E-state index in [-0.39, 0.29) is 27.6 Å². The van der Waals surface area contributed by atoms with Gasteiger partial charge in [-0.15, -0.1) is 6.54 Å².